The summed E-state index contributed by atoms with van der Waals surface area (Å²) in [4.78, 5) is 30.6. The highest BCUT2D eigenvalue weighted by Gasteiger charge is 2.21. The molecule has 0 bridgehead atoms. The molecule has 9 heteroatoms. The Kier molecular flexibility index (Phi) is 5.88. The van der Waals surface area contributed by atoms with E-state index in [0.717, 1.165) is 53.0 Å². The van der Waals surface area contributed by atoms with Gasteiger partial charge in [-0.3, -0.25) is 9.59 Å². The number of benzene rings is 2. The summed E-state index contributed by atoms with van der Waals surface area (Å²) in [6, 6.07) is 13.1. The fourth-order valence-corrected chi connectivity index (χ4v) is 4.80. The lowest BCUT2D eigenvalue weighted by atomic mass is 10.1. The van der Waals surface area contributed by atoms with Crippen LogP contribution in [0.1, 0.15) is 36.8 Å². The highest BCUT2D eigenvalue weighted by molar-refractivity contribution is 9.10. The van der Waals surface area contributed by atoms with E-state index in [9.17, 15) is 9.59 Å². The van der Waals surface area contributed by atoms with E-state index in [-0.39, 0.29) is 12.0 Å². The van der Waals surface area contributed by atoms with Crippen molar-refractivity contribution in [3.8, 4) is 0 Å². The lowest BCUT2D eigenvalue weighted by Gasteiger charge is -2.20. The maximum Gasteiger partial charge on any atom is 0.307 e. The highest BCUT2D eigenvalue weighted by Crippen LogP contribution is 2.25. The van der Waals surface area contributed by atoms with Crippen LogP contribution in [0, 0.1) is 0 Å². The van der Waals surface area contributed by atoms with Gasteiger partial charge in [0.2, 0.25) is 11.7 Å². The first kappa shape index (κ1) is 21.6. The smallest absolute Gasteiger partial charge is 0.307 e. The second-order valence-corrected chi connectivity index (χ2v) is 9.38. The zero-order valence-electron chi connectivity index (χ0n) is 18.1. The van der Waals surface area contributed by atoms with Crippen molar-refractivity contribution in [2.75, 3.05) is 18.0 Å². The maximum absolute atomic E-state index is 12.9. The van der Waals surface area contributed by atoms with Crippen LogP contribution in [0.5, 0.6) is 0 Å². The third-order valence-electron chi connectivity index (χ3n) is 6.07. The van der Waals surface area contributed by atoms with Gasteiger partial charge >= 0.3 is 5.97 Å². The topological polar surface area (TPSA) is 92.7 Å². The third kappa shape index (κ3) is 4.37. The molecule has 8 nitrogen and oxygen atoms in total. The average Bonchev–Trinajstić information content (AvgIpc) is 2.96. The molecule has 0 radical (unpaired) electrons. The molecule has 1 aliphatic heterocycles. The first-order valence-corrected chi connectivity index (χ1v) is 11.9. The molecule has 0 amide bonds. The molecule has 5 rings (SSSR count). The van der Waals surface area contributed by atoms with Gasteiger partial charge in [0, 0.05) is 17.6 Å². The van der Waals surface area contributed by atoms with Crippen LogP contribution in [-0.2, 0) is 17.8 Å². The quantitative estimate of drug-likeness (QED) is 0.439. The molecular weight excluding hydrogens is 486 g/mol. The van der Waals surface area contributed by atoms with E-state index < -0.39 is 5.97 Å². The molecule has 1 saturated heterocycles. The van der Waals surface area contributed by atoms with Crippen molar-refractivity contribution in [3.63, 3.8) is 0 Å². The van der Waals surface area contributed by atoms with E-state index in [0.29, 0.717) is 17.7 Å². The molecule has 1 N–H and O–H groups in total. The molecule has 3 heterocycles. The zero-order valence-corrected chi connectivity index (χ0v) is 19.7. The number of anilines is 1. The monoisotopic (exact) mass is 509 g/mol. The molecule has 0 saturated carbocycles. The summed E-state index contributed by atoms with van der Waals surface area (Å²) in [6.45, 7) is 2.26. The molecule has 2 aromatic heterocycles. The van der Waals surface area contributed by atoms with Crippen molar-refractivity contribution in [3.05, 3.63) is 68.4 Å². The zero-order chi connectivity index (χ0) is 22.9. The first-order chi connectivity index (χ1) is 16.0. The standard InChI is InChI=1S/C24H24BrN5O3/c25-18-9-10-20-19(14-18)22(33)26-23-29(15-17-7-5-16(6-8-17)13-21(31)32)27-24(30(20)23)28-11-3-1-2-4-12-28/h5-10,14H,1-4,11-13,15H2,(H,31,32). The van der Waals surface area contributed by atoms with Gasteiger partial charge in [0.1, 0.15) is 0 Å². The van der Waals surface area contributed by atoms with Gasteiger partial charge in [-0.1, -0.05) is 53.0 Å². The van der Waals surface area contributed by atoms with Crippen LogP contribution in [0.3, 0.4) is 0 Å². The average molecular weight is 510 g/mol. The predicted octanol–water partition coefficient (Wildman–Crippen LogP) is 3.86. The molecule has 0 spiro atoms. The lowest BCUT2D eigenvalue weighted by Crippen LogP contribution is -2.26. The van der Waals surface area contributed by atoms with Gasteiger partial charge in [-0.15, -0.1) is 5.10 Å². The fourth-order valence-electron chi connectivity index (χ4n) is 4.44. The van der Waals surface area contributed by atoms with Gasteiger partial charge in [-0.2, -0.15) is 4.98 Å². The van der Waals surface area contributed by atoms with Crippen LogP contribution in [0.15, 0.2) is 51.7 Å². The van der Waals surface area contributed by atoms with Crippen LogP contribution in [0.4, 0.5) is 5.95 Å². The molecule has 170 valence electrons. The number of hydrogen-bond donors (Lipinski definition) is 1. The number of carboxylic acid groups (broad SMARTS) is 1. The molecule has 1 aliphatic rings. The van der Waals surface area contributed by atoms with E-state index in [1.165, 1.54) is 12.8 Å². The summed E-state index contributed by atoms with van der Waals surface area (Å²) in [6.07, 6.45) is 4.62. The molecule has 0 aliphatic carbocycles. The maximum atomic E-state index is 12.9. The fraction of sp³-hybridized carbons (Fsp3) is 0.333. The van der Waals surface area contributed by atoms with Crippen molar-refractivity contribution in [1.82, 2.24) is 19.2 Å². The number of hydrogen-bond acceptors (Lipinski definition) is 5. The summed E-state index contributed by atoms with van der Waals surface area (Å²) in [5.41, 5.74) is 2.21. The Labute approximate surface area is 198 Å². The van der Waals surface area contributed by atoms with Crippen LogP contribution >= 0.6 is 15.9 Å². The van der Waals surface area contributed by atoms with E-state index in [4.69, 9.17) is 10.2 Å². The predicted molar refractivity (Wildman–Crippen MR) is 130 cm³/mol. The van der Waals surface area contributed by atoms with E-state index >= 15 is 0 Å². The highest BCUT2D eigenvalue weighted by atomic mass is 79.9. The Morgan fingerprint density at radius 2 is 1.70 bits per heavy atom. The van der Waals surface area contributed by atoms with Crippen LogP contribution < -0.4 is 10.5 Å². The van der Waals surface area contributed by atoms with Crippen LogP contribution in [0.2, 0.25) is 0 Å². The van der Waals surface area contributed by atoms with Crippen molar-refractivity contribution in [2.45, 2.75) is 38.6 Å². The van der Waals surface area contributed by atoms with Crippen molar-refractivity contribution >= 4 is 44.5 Å². The van der Waals surface area contributed by atoms with E-state index in [1.807, 2.05) is 46.9 Å². The number of nitrogens with zero attached hydrogens (tertiary/aromatic N) is 5. The number of carbonyl (C=O) groups is 1. The summed E-state index contributed by atoms with van der Waals surface area (Å²) in [7, 11) is 0. The number of halogens is 1. The van der Waals surface area contributed by atoms with E-state index in [2.05, 4.69) is 25.8 Å². The van der Waals surface area contributed by atoms with Gasteiger partial charge in [0.15, 0.2) is 0 Å². The van der Waals surface area contributed by atoms with Crippen molar-refractivity contribution < 1.29 is 9.90 Å². The Balaban J connectivity index is 1.64. The summed E-state index contributed by atoms with van der Waals surface area (Å²) < 4.78 is 4.60. The van der Waals surface area contributed by atoms with Gasteiger partial charge in [0.05, 0.1) is 23.9 Å². The SMILES string of the molecule is O=C(O)Cc1ccc(Cn2nc(N3CCCCCC3)n3c4ccc(Br)cc4c(=O)nc23)cc1. The minimum atomic E-state index is -0.856. The molecule has 0 unspecified atom stereocenters. The summed E-state index contributed by atoms with van der Waals surface area (Å²) in [5, 5.41) is 14.5. The second kappa shape index (κ2) is 8.97. The Morgan fingerprint density at radius 3 is 2.39 bits per heavy atom. The van der Waals surface area contributed by atoms with Gasteiger partial charge < -0.3 is 10.0 Å². The van der Waals surface area contributed by atoms with Crippen molar-refractivity contribution in [1.29, 1.82) is 0 Å². The number of aliphatic carboxylic acids is 1. The number of aromatic nitrogens is 4. The normalized spacial score (nSPS) is 14.6. The van der Waals surface area contributed by atoms with E-state index in [1.54, 1.807) is 4.68 Å². The number of rotatable bonds is 5. The second-order valence-electron chi connectivity index (χ2n) is 8.46. The van der Waals surface area contributed by atoms with Crippen LogP contribution in [-0.4, -0.2) is 43.3 Å². The van der Waals surface area contributed by atoms with Gasteiger partial charge in [-0.25, -0.2) is 9.08 Å². The van der Waals surface area contributed by atoms with Crippen LogP contribution in [0.25, 0.3) is 16.7 Å². The lowest BCUT2D eigenvalue weighted by molar-refractivity contribution is -0.136. The molecule has 0 atom stereocenters. The first-order valence-electron chi connectivity index (χ1n) is 11.1. The Bertz CT molecular complexity index is 1390. The minimum absolute atomic E-state index is 0.0113. The Morgan fingerprint density at radius 1 is 1.00 bits per heavy atom. The van der Waals surface area contributed by atoms with Crippen molar-refractivity contribution in [2.24, 2.45) is 0 Å². The number of fused-ring (bicyclic) bond motifs is 3. The molecule has 4 aromatic rings. The summed E-state index contributed by atoms with van der Waals surface area (Å²) in [5.74, 6) is 0.447. The van der Waals surface area contributed by atoms with Gasteiger partial charge in [-0.05, 0) is 42.2 Å². The number of carboxylic acids is 1. The third-order valence-corrected chi connectivity index (χ3v) is 6.57. The molecule has 33 heavy (non-hydrogen) atoms. The summed E-state index contributed by atoms with van der Waals surface area (Å²) >= 11 is 3.46. The molecular formula is C24H24BrN5O3. The van der Waals surface area contributed by atoms with Gasteiger partial charge in [0.25, 0.3) is 5.56 Å². The Hall–Kier alpha value is -3.20. The molecule has 1 fully saturated rings. The largest absolute Gasteiger partial charge is 0.481 e. The minimum Gasteiger partial charge on any atom is -0.481 e. The molecule has 2 aromatic carbocycles.